The van der Waals surface area contributed by atoms with E-state index in [-0.39, 0.29) is 17.9 Å². The van der Waals surface area contributed by atoms with Crippen molar-refractivity contribution < 1.29 is 14.3 Å². The van der Waals surface area contributed by atoms with Gasteiger partial charge in [0.1, 0.15) is 5.41 Å². The molecule has 0 spiro atoms. The van der Waals surface area contributed by atoms with Crippen molar-refractivity contribution in [3.8, 4) is 0 Å². The molecule has 1 aliphatic rings. The van der Waals surface area contributed by atoms with Gasteiger partial charge < -0.3 is 15.4 Å². The van der Waals surface area contributed by atoms with Gasteiger partial charge in [-0.3, -0.25) is 9.59 Å². The number of hydrogen-bond donors (Lipinski definition) is 2. The molecule has 0 aromatic heterocycles. The summed E-state index contributed by atoms with van der Waals surface area (Å²) in [6.45, 7) is 5.14. The van der Waals surface area contributed by atoms with E-state index in [2.05, 4.69) is 10.6 Å². The first-order valence-electron chi connectivity index (χ1n) is 6.65. The van der Waals surface area contributed by atoms with Crippen molar-refractivity contribution in [3.63, 3.8) is 0 Å². The maximum Gasteiger partial charge on any atom is 0.235 e. The topological polar surface area (TPSA) is 67.4 Å². The Bertz CT molecular complexity index is 301. The molecular weight excluding hydrogens is 232 g/mol. The van der Waals surface area contributed by atoms with Gasteiger partial charge in [0.15, 0.2) is 0 Å². The maximum absolute atomic E-state index is 12.0. The highest BCUT2D eigenvalue weighted by Crippen LogP contribution is 2.46. The molecule has 0 bridgehead atoms. The van der Waals surface area contributed by atoms with Crippen molar-refractivity contribution in [3.05, 3.63) is 0 Å². The molecule has 1 rings (SSSR count). The SMILES string of the molecule is CCC(C)NC(=O)C1(C(=O)NCCCOC)CC1. The Balaban J connectivity index is 2.38. The van der Waals surface area contributed by atoms with Gasteiger partial charge in [-0.1, -0.05) is 6.92 Å². The first kappa shape index (κ1) is 15.0. The minimum atomic E-state index is -0.795. The van der Waals surface area contributed by atoms with E-state index in [0.717, 1.165) is 12.8 Å². The van der Waals surface area contributed by atoms with E-state index >= 15 is 0 Å². The van der Waals surface area contributed by atoms with Crippen molar-refractivity contribution in [2.24, 2.45) is 5.41 Å². The van der Waals surface area contributed by atoms with Crippen molar-refractivity contribution in [1.82, 2.24) is 10.6 Å². The van der Waals surface area contributed by atoms with Crippen LogP contribution < -0.4 is 10.6 Å². The van der Waals surface area contributed by atoms with Crippen molar-refractivity contribution in [1.29, 1.82) is 0 Å². The van der Waals surface area contributed by atoms with E-state index in [4.69, 9.17) is 4.74 Å². The highest BCUT2D eigenvalue weighted by molar-refractivity contribution is 6.07. The fourth-order valence-electron chi connectivity index (χ4n) is 1.73. The lowest BCUT2D eigenvalue weighted by molar-refractivity contribution is -0.137. The van der Waals surface area contributed by atoms with Crippen molar-refractivity contribution in [2.45, 2.75) is 45.6 Å². The Kier molecular flexibility index (Phi) is 5.59. The van der Waals surface area contributed by atoms with Gasteiger partial charge in [-0.05, 0) is 32.6 Å². The molecule has 0 aromatic carbocycles. The number of nitrogens with one attached hydrogen (secondary N) is 2. The number of hydrogen-bond acceptors (Lipinski definition) is 3. The number of carbonyl (C=O) groups excluding carboxylic acids is 2. The lowest BCUT2D eigenvalue weighted by Gasteiger charge is -2.18. The van der Waals surface area contributed by atoms with Gasteiger partial charge >= 0.3 is 0 Å². The zero-order valence-corrected chi connectivity index (χ0v) is 11.5. The average molecular weight is 256 g/mol. The molecule has 18 heavy (non-hydrogen) atoms. The first-order chi connectivity index (χ1) is 8.56. The van der Waals surface area contributed by atoms with Gasteiger partial charge in [0.2, 0.25) is 11.8 Å². The largest absolute Gasteiger partial charge is 0.385 e. The second kappa shape index (κ2) is 6.73. The van der Waals surface area contributed by atoms with Crippen LogP contribution in [0.2, 0.25) is 0 Å². The van der Waals surface area contributed by atoms with Gasteiger partial charge in [0, 0.05) is 26.3 Å². The summed E-state index contributed by atoms with van der Waals surface area (Å²) >= 11 is 0. The van der Waals surface area contributed by atoms with E-state index in [0.29, 0.717) is 26.0 Å². The van der Waals surface area contributed by atoms with Crippen LogP contribution in [0.4, 0.5) is 0 Å². The third-order valence-corrected chi connectivity index (χ3v) is 3.42. The van der Waals surface area contributed by atoms with Crippen LogP contribution in [0.1, 0.15) is 39.5 Å². The lowest BCUT2D eigenvalue weighted by Crippen LogP contribution is -2.45. The number of carbonyl (C=O) groups is 2. The predicted molar refractivity (Wildman–Crippen MR) is 69.1 cm³/mol. The quantitative estimate of drug-likeness (QED) is 0.499. The number of amides is 2. The first-order valence-corrected chi connectivity index (χ1v) is 6.65. The van der Waals surface area contributed by atoms with Gasteiger partial charge in [-0.15, -0.1) is 0 Å². The summed E-state index contributed by atoms with van der Waals surface area (Å²) in [6, 6.07) is 0.122. The minimum absolute atomic E-state index is 0.122. The molecule has 0 heterocycles. The summed E-state index contributed by atoms with van der Waals surface area (Å²) in [5.41, 5.74) is -0.795. The average Bonchev–Trinajstić information content (AvgIpc) is 3.15. The summed E-state index contributed by atoms with van der Waals surface area (Å²) in [5.74, 6) is -0.263. The molecule has 5 nitrogen and oxygen atoms in total. The number of rotatable bonds is 8. The van der Waals surface area contributed by atoms with E-state index in [1.807, 2.05) is 13.8 Å². The highest BCUT2D eigenvalue weighted by atomic mass is 16.5. The second-order valence-electron chi connectivity index (χ2n) is 4.97. The molecule has 1 unspecified atom stereocenters. The van der Waals surface area contributed by atoms with Crippen molar-refractivity contribution in [2.75, 3.05) is 20.3 Å². The van der Waals surface area contributed by atoms with E-state index in [9.17, 15) is 9.59 Å². The highest BCUT2D eigenvalue weighted by Gasteiger charge is 2.56. The maximum atomic E-state index is 12.0. The van der Waals surface area contributed by atoms with Crippen LogP contribution in [0.3, 0.4) is 0 Å². The normalized spacial score (nSPS) is 17.9. The molecule has 2 amide bonds. The Hall–Kier alpha value is -1.10. The smallest absolute Gasteiger partial charge is 0.235 e. The molecule has 1 fully saturated rings. The van der Waals surface area contributed by atoms with Crippen molar-refractivity contribution >= 4 is 11.8 Å². The molecule has 104 valence electrons. The molecule has 1 atom stereocenters. The monoisotopic (exact) mass is 256 g/mol. The Morgan fingerprint density at radius 3 is 2.50 bits per heavy atom. The molecule has 5 heteroatoms. The summed E-state index contributed by atoms with van der Waals surface area (Å²) in [4.78, 5) is 24.0. The number of ether oxygens (including phenoxy) is 1. The second-order valence-corrected chi connectivity index (χ2v) is 4.97. The Morgan fingerprint density at radius 2 is 2.00 bits per heavy atom. The lowest BCUT2D eigenvalue weighted by atomic mass is 10.0. The molecule has 0 aromatic rings. The van der Waals surface area contributed by atoms with Gasteiger partial charge in [0.05, 0.1) is 0 Å². The van der Waals surface area contributed by atoms with Crippen LogP contribution in [0.25, 0.3) is 0 Å². The summed E-state index contributed by atoms with van der Waals surface area (Å²) in [7, 11) is 1.63. The molecule has 1 aliphatic carbocycles. The third-order valence-electron chi connectivity index (χ3n) is 3.42. The van der Waals surface area contributed by atoms with E-state index in [1.54, 1.807) is 7.11 Å². The molecule has 0 radical (unpaired) electrons. The van der Waals surface area contributed by atoms with E-state index < -0.39 is 5.41 Å². The van der Waals surface area contributed by atoms with Crippen LogP contribution >= 0.6 is 0 Å². The molecule has 1 saturated carbocycles. The van der Waals surface area contributed by atoms with Crippen LogP contribution in [0.15, 0.2) is 0 Å². The number of methoxy groups -OCH3 is 1. The fraction of sp³-hybridized carbons (Fsp3) is 0.846. The Labute approximate surface area is 109 Å². The molecule has 0 aliphatic heterocycles. The predicted octanol–water partition coefficient (Wildman–Crippen LogP) is 0.834. The zero-order chi connectivity index (χ0) is 13.6. The summed E-state index contributed by atoms with van der Waals surface area (Å²) in [5, 5.41) is 5.70. The van der Waals surface area contributed by atoms with Gasteiger partial charge in [-0.25, -0.2) is 0 Å². The van der Waals surface area contributed by atoms with Gasteiger partial charge in [0.25, 0.3) is 0 Å². The summed E-state index contributed by atoms with van der Waals surface area (Å²) in [6.07, 6.45) is 2.96. The van der Waals surface area contributed by atoms with Crippen LogP contribution in [0, 0.1) is 5.41 Å². The Morgan fingerprint density at radius 1 is 1.33 bits per heavy atom. The molecular formula is C13H24N2O3. The standard InChI is InChI=1S/C13H24N2O3/c1-4-10(2)15-12(17)13(6-7-13)11(16)14-8-5-9-18-3/h10H,4-9H2,1-3H3,(H,14,16)(H,15,17). The van der Waals surface area contributed by atoms with Crippen LogP contribution in [-0.2, 0) is 14.3 Å². The minimum Gasteiger partial charge on any atom is -0.385 e. The molecule has 0 saturated heterocycles. The van der Waals surface area contributed by atoms with Crippen LogP contribution in [0.5, 0.6) is 0 Å². The fourth-order valence-corrected chi connectivity index (χ4v) is 1.73. The third kappa shape index (κ3) is 3.70. The zero-order valence-electron chi connectivity index (χ0n) is 11.5. The van der Waals surface area contributed by atoms with Crippen LogP contribution in [-0.4, -0.2) is 38.1 Å². The summed E-state index contributed by atoms with van der Waals surface area (Å²) < 4.78 is 4.91. The molecule has 2 N–H and O–H groups in total. The van der Waals surface area contributed by atoms with E-state index in [1.165, 1.54) is 0 Å². The van der Waals surface area contributed by atoms with Gasteiger partial charge in [-0.2, -0.15) is 0 Å².